The summed E-state index contributed by atoms with van der Waals surface area (Å²) in [6.07, 6.45) is -1.28. The van der Waals surface area contributed by atoms with Crippen molar-refractivity contribution in [3.05, 3.63) is 76.8 Å². The molecule has 31 heavy (non-hydrogen) atoms. The number of pyridine rings is 1. The molecule has 162 valence electrons. The van der Waals surface area contributed by atoms with Crippen molar-refractivity contribution in [1.29, 1.82) is 0 Å². The first-order valence-electron chi connectivity index (χ1n) is 9.34. The Kier molecular flexibility index (Phi) is 6.68. The minimum Gasteiger partial charge on any atom is -0.492 e. The van der Waals surface area contributed by atoms with Crippen molar-refractivity contribution < 1.29 is 22.7 Å². The van der Waals surface area contributed by atoms with Crippen molar-refractivity contribution in [2.75, 3.05) is 13.2 Å². The predicted molar refractivity (Wildman–Crippen MR) is 106 cm³/mol. The quantitative estimate of drug-likeness (QED) is 0.580. The number of carbonyl (C=O) groups excluding carboxylic acids is 1. The van der Waals surface area contributed by atoms with E-state index < -0.39 is 29.2 Å². The fraction of sp³-hybridized carbons (Fsp3) is 0.238. The molecule has 7 nitrogen and oxygen atoms in total. The fourth-order valence-electron chi connectivity index (χ4n) is 2.74. The summed E-state index contributed by atoms with van der Waals surface area (Å²) < 4.78 is 44.5. The van der Waals surface area contributed by atoms with Gasteiger partial charge >= 0.3 is 6.18 Å². The Morgan fingerprint density at radius 1 is 1.16 bits per heavy atom. The van der Waals surface area contributed by atoms with Crippen LogP contribution in [-0.4, -0.2) is 33.8 Å². The van der Waals surface area contributed by atoms with E-state index in [4.69, 9.17) is 4.74 Å². The molecule has 1 atom stereocenters. The van der Waals surface area contributed by atoms with Crippen LogP contribution in [0, 0.1) is 0 Å². The van der Waals surface area contributed by atoms with Gasteiger partial charge < -0.3 is 10.1 Å². The number of alkyl halides is 3. The van der Waals surface area contributed by atoms with Gasteiger partial charge in [0, 0.05) is 24.0 Å². The van der Waals surface area contributed by atoms with Crippen LogP contribution in [0.1, 0.15) is 18.5 Å². The first kappa shape index (κ1) is 22.0. The summed E-state index contributed by atoms with van der Waals surface area (Å²) in [5.41, 5.74) is -0.0109. The Bertz CT molecular complexity index is 1100. The molecule has 0 aliphatic carbocycles. The van der Waals surface area contributed by atoms with Crippen LogP contribution >= 0.6 is 0 Å². The van der Waals surface area contributed by atoms with E-state index >= 15 is 0 Å². The number of nitrogens with zero attached hydrogens (tertiary/aromatic N) is 3. The summed E-state index contributed by atoms with van der Waals surface area (Å²) in [4.78, 5) is 28.5. The average molecular weight is 432 g/mol. The summed E-state index contributed by atoms with van der Waals surface area (Å²) in [5, 5.41) is 6.84. The van der Waals surface area contributed by atoms with E-state index in [1.807, 2.05) is 0 Å². The van der Waals surface area contributed by atoms with Gasteiger partial charge in [0.05, 0.1) is 17.8 Å². The van der Waals surface area contributed by atoms with Gasteiger partial charge in [0.25, 0.3) is 5.56 Å². The number of carbonyl (C=O) groups is 1. The molecule has 1 N–H and O–H groups in total. The van der Waals surface area contributed by atoms with Crippen LogP contribution in [0.4, 0.5) is 13.2 Å². The normalized spacial score (nSPS) is 12.3. The molecule has 10 heteroatoms. The standard InChI is InChI=1S/C21H19F3N4O3/c1-14(28-19(29)6-5-18(27-28)15-7-9-25-10-8-15)20(30)26-11-12-31-17-4-2-3-16(13-17)21(22,23)24/h2-10,13-14H,11-12H2,1H3,(H,26,30). The molecule has 2 heterocycles. The minimum absolute atomic E-state index is 0.0399. The van der Waals surface area contributed by atoms with Gasteiger partial charge in [-0.1, -0.05) is 6.07 Å². The Balaban J connectivity index is 1.58. The average Bonchev–Trinajstić information content (AvgIpc) is 2.76. The third-order valence-corrected chi connectivity index (χ3v) is 4.38. The molecule has 0 bridgehead atoms. The van der Waals surface area contributed by atoms with Gasteiger partial charge in [0.2, 0.25) is 5.91 Å². The van der Waals surface area contributed by atoms with Gasteiger partial charge in [-0.3, -0.25) is 14.6 Å². The third kappa shape index (κ3) is 5.68. The Morgan fingerprint density at radius 2 is 1.90 bits per heavy atom. The molecule has 0 aliphatic rings. The number of benzene rings is 1. The van der Waals surface area contributed by atoms with E-state index in [-0.39, 0.29) is 18.9 Å². The lowest BCUT2D eigenvalue weighted by Gasteiger charge is -2.15. The fourth-order valence-corrected chi connectivity index (χ4v) is 2.74. The predicted octanol–water partition coefficient (Wildman–Crippen LogP) is 3.08. The zero-order chi connectivity index (χ0) is 22.4. The van der Waals surface area contributed by atoms with Crippen LogP contribution in [0.15, 0.2) is 65.7 Å². The molecular weight excluding hydrogens is 413 g/mol. The molecule has 0 saturated carbocycles. The van der Waals surface area contributed by atoms with E-state index in [1.54, 1.807) is 30.6 Å². The highest BCUT2D eigenvalue weighted by Gasteiger charge is 2.30. The largest absolute Gasteiger partial charge is 0.492 e. The zero-order valence-corrected chi connectivity index (χ0v) is 16.5. The molecule has 1 aromatic carbocycles. The summed E-state index contributed by atoms with van der Waals surface area (Å²) in [6, 6.07) is 9.91. The lowest BCUT2D eigenvalue weighted by Crippen LogP contribution is -2.38. The van der Waals surface area contributed by atoms with Crippen LogP contribution in [-0.2, 0) is 11.0 Å². The molecule has 1 unspecified atom stereocenters. The molecule has 3 aromatic rings. The van der Waals surface area contributed by atoms with Crippen molar-refractivity contribution in [1.82, 2.24) is 20.1 Å². The summed E-state index contributed by atoms with van der Waals surface area (Å²) in [7, 11) is 0. The van der Waals surface area contributed by atoms with E-state index in [9.17, 15) is 22.8 Å². The highest BCUT2D eigenvalue weighted by molar-refractivity contribution is 5.79. The Hall–Kier alpha value is -3.69. The first-order chi connectivity index (χ1) is 14.8. The summed E-state index contributed by atoms with van der Waals surface area (Å²) in [5.74, 6) is -0.436. The maximum atomic E-state index is 12.7. The van der Waals surface area contributed by atoms with Crippen molar-refractivity contribution >= 4 is 5.91 Å². The second kappa shape index (κ2) is 9.41. The van der Waals surface area contributed by atoms with Crippen molar-refractivity contribution in [3.63, 3.8) is 0 Å². The summed E-state index contributed by atoms with van der Waals surface area (Å²) >= 11 is 0. The van der Waals surface area contributed by atoms with Crippen LogP contribution < -0.4 is 15.6 Å². The Labute approximate surface area is 175 Å². The lowest BCUT2D eigenvalue weighted by molar-refractivity contribution is -0.137. The van der Waals surface area contributed by atoms with E-state index in [0.717, 1.165) is 22.4 Å². The lowest BCUT2D eigenvalue weighted by atomic mass is 10.2. The van der Waals surface area contributed by atoms with Gasteiger partial charge in [0.1, 0.15) is 18.4 Å². The van der Waals surface area contributed by atoms with Crippen LogP contribution in [0.3, 0.4) is 0 Å². The highest BCUT2D eigenvalue weighted by Crippen LogP contribution is 2.31. The van der Waals surface area contributed by atoms with E-state index in [2.05, 4.69) is 15.4 Å². The highest BCUT2D eigenvalue weighted by atomic mass is 19.4. The maximum Gasteiger partial charge on any atom is 0.416 e. The topological polar surface area (TPSA) is 86.1 Å². The number of aromatic nitrogens is 3. The molecule has 0 fully saturated rings. The maximum absolute atomic E-state index is 12.7. The second-order valence-corrected chi connectivity index (χ2v) is 6.58. The minimum atomic E-state index is -4.46. The molecule has 1 amide bonds. The van der Waals surface area contributed by atoms with Gasteiger partial charge in [-0.25, -0.2) is 4.68 Å². The van der Waals surface area contributed by atoms with Crippen LogP contribution in [0.2, 0.25) is 0 Å². The molecule has 0 aliphatic heterocycles. The monoisotopic (exact) mass is 432 g/mol. The SMILES string of the molecule is CC(C(=O)NCCOc1cccc(C(F)(F)F)c1)n1nc(-c2ccncc2)ccc1=O. The van der Waals surface area contributed by atoms with Gasteiger partial charge in [-0.15, -0.1) is 0 Å². The number of rotatable bonds is 7. The summed E-state index contributed by atoms with van der Waals surface area (Å²) in [6.45, 7) is 1.52. The van der Waals surface area contributed by atoms with Crippen molar-refractivity contribution in [3.8, 4) is 17.0 Å². The van der Waals surface area contributed by atoms with Crippen molar-refractivity contribution in [2.24, 2.45) is 0 Å². The second-order valence-electron chi connectivity index (χ2n) is 6.58. The molecule has 0 saturated heterocycles. The Morgan fingerprint density at radius 3 is 2.61 bits per heavy atom. The number of halogens is 3. The molecular formula is C21H19F3N4O3. The van der Waals surface area contributed by atoms with E-state index in [0.29, 0.717) is 5.69 Å². The number of amides is 1. The van der Waals surface area contributed by atoms with Crippen LogP contribution in [0.5, 0.6) is 5.75 Å². The molecule has 0 radical (unpaired) electrons. The van der Waals surface area contributed by atoms with Gasteiger partial charge in [-0.2, -0.15) is 18.3 Å². The van der Waals surface area contributed by atoms with Gasteiger partial charge in [-0.05, 0) is 43.3 Å². The number of nitrogens with one attached hydrogen (secondary N) is 1. The number of hydrogen-bond donors (Lipinski definition) is 1. The number of hydrogen-bond acceptors (Lipinski definition) is 5. The molecule has 0 spiro atoms. The third-order valence-electron chi connectivity index (χ3n) is 4.38. The van der Waals surface area contributed by atoms with E-state index in [1.165, 1.54) is 25.1 Å². The zero-order valence-electron chi connectivity index (χ0n) is 16.5. The van der Waals surface area contributed by atoms with Crippen LogP contribution in [0.25, 0.3) is 11.3 Å². The first-order valence-corrected chi connectivity index (χ1v) is 9.34. The molecule has 2 aromatic heterocycles. The van der Waals surface area contributed by atoms with Crippen molar-refractivity contribution in [2.45, 2.75) is 19.1 Å². The number of ether oxygens (including phenoxy) is 1. The van der Waals surface area contributed by atoms with Gasteiger partial charge in [0.15, 0.2) is 0 Å². The molecule has 3 rings (SSSR count). The smallest absolute Gasteiger partial charge is 0.416 e.